The number of fused-ring (bicyclic) bond motifs is 1. The lowest BCUT2D eigenvalue weighted by Gasteiger charge is -2.37. The number of carbonyl (C=O) groups excluding carboxylic acids is 1. The van der Waals surface area contributed by atoms with Gasteiger partial charge in [-0.1, -0.05) is 48.0 Å². The monoisotopic (exact) mass is 362 g/mol. The Morgan fingerprint density at radius 3 is 2.54 bits per heavy atom. The van der Waals surface area contributed by atoms with Crippen molar-refractivity contribution in [1.82, 2.24) is 9.47 Å². The molecule has 1 atom stereocenters. The van der Waals surface area contributed by atoms with Crippen molar-refractivity contribution in [3.8, 4) is 0 Å². The largest absolute Gasteiger partial charge is 0.348 e. The van der Waals surface area contributed by atoms with E-state index >= 15 is 0 Å². The van der Waals surface area contributed by atoms with Gasteiger partial charge in [0.15, 0.2) is 0 Å². The van der Waals surface area contributed by atoms with E-state index in [0.717, 1.165) is 18.0 Å². The van der Waals surface area contributed by atoms with Crippen molar-refractivity contribution in [2.75, 3.05) is 12.3 Å². The standard InChI is InChI=1S/C22H22N2OS/c1-17-9-11-18(12-10-17)22-20-8-5-13-23(20)14-15-24(22)21(25)16-26-19-6-3-2-4-7-19/h2-13,22H,14-16H2,1H3. The lowest BCUT2D eigenvalue weighted by atomic mass is 9.99. The minimum Gasteiger partial charge on any atom is -0.348 e. The number of thioether (sulfide) groups is 1. The summed E-state index contributed by atoms with van der Waals surface area (Å²) in [6, 6.07) is 22.9. The van der Waals surface area contributed by atoms with Crippen molar-refractivity contribution >= 4 is 17.7 Å². The highest BCUT2D eigenvalue weighted by molar-refractivity contribution is 8.00. The highest BCUT2D eigenvalue weighted by atomic mass is 32.2. The van der Waals surface area contributed by atoms with Crippen molar-refractivity contribution < 1.29 is 4.79 Å². The van der Waals surface area contributed by atoms with Crippen LogP contribution in [0.5, 0.6) is 0 Å². The van der Waals surface area contributed by atoms with Gasteiger partial charge in [-0.15, -0.1) is 11.8 Å². The van der Waals surface area contributed by atoms with Gasteiger partial charge < -0.3 is 9.47 Å². The zero-order valence-corrected chi connectivity index (χ0v) is 15.7. The second kappa shape index (κ2) is 7.42. The number of aromatic nitrogens is 1. The average molecular weight is 362 g/mol. The maximum atomic E-state index is 13.0. The predicted molar refractivity (Wildman–Crippen MR) is 106 cm³/mol. The number of carbonyl (C=O) groups is 1. The quantitative estimate of drug-likeness (QED) is 0.638. The Bertz CT molecular complexity index is 886. The Morgan fingerprint density at radius 1 is 1.00 bits per heavy atom. The Hall–Kier alpha value is -2.46. The molecule has 0 spiro atoms. The summed E-state index contributed by atoms with van der Waals surface area (Å²) >= 11 is 1.61. The molecule has 2 heterocycles. The van der Waals surface area contributed by atoms with Crippen molar-refractivity contribution in [3.63, 3.8) is 0 Å². The van der Waals surface area contributed by atoms with Crippen LogP contribution in [0.4, 0.5) is 0 Å². The summed E-state index contributed by atoms with van der Waals surface area (Å²) in [5, 5.41) is 0. The van der Waals surface area contributed by atoms with Crippen molar-refractivity contribution in [3.05, 3.63) is 89.7 Å². The molecule has 0 fully saturated rings. The van der Waals surface area contributed by atoms with Gasteiger partial charge in [0.25, 0.3) is 0 Å². The van der Waals surface area contributed by atoms with Gasteiger partial charge in [0.05, 0.1) is 11.8 Å². The zero-order valence-electron chi connectivity index (χ0n) is 14.8. The first-order valence-electron chi connectivity index (χ1n) is 8.91. The fourth-order valence-electron chi connectivity index (χ4n) is 3.50. The van der Waals surface area contributed by atoms with Crippen LogP contribution in [0, 0.1) is 6.92 Å². The van der Waals surface area contributed by atoms with E-state index in [1.54, 1.807) is 11.8 Å². The van der Waals surface area contributed by atoms with Crippen LogP contribution in [0.1, 0.15) is 22.9 Å². The summed E-state index contributed by atoms with van der Waals surface area (Å²) in [5.41, 5.74) is 3.60. The second-order valence-corrected chi connectivity index (χ2v) is 7.68. The number of nitrogens with zero attached hydrogens (tertiary/aromatic N) is 2. The summed E-state index contributed by atoms with van der Waals surface area (Å²) in [7, 11) is 0. The number of amides is 1. The number of aryl methyl sites for hydroxylation is 1. The Balaban J connectivity index is 1.59. The molecule has 4 rings (SSSR count). The van der Waals surface area contributed by atoms with E-state index in [1.165, 1.54) is 16.8 Å². The van der Waals surface area contributed by atoms with E-state index < -0.39 is 0 Å². The van der Waals surface area contributed by atoms with Crippen molar-refractivity contribution in [1.29, 1.82) is 0 Å². The normalized spacial score (nSPS) is 16.3. The first-order chi connectivity index (χ1) is 12.7. The lowest BCUT2D eigenvalue weighted by Crippen LogP contribution is -2.43. The third kappa shape index (κ3) is 3.42. The molecular weight excluding hydrogens is 340 g/mol. The van der Waals surface area contributed by atoms with Gasteiger partial charge in [-0.3, -0.25) is 4.79 Å². The fourth-order valence-corrected chi connectivity index (χ4v) is 4.30. The Kier molecular flexibility index (Phi) is 4.85. The van der Waals surface area contributed by atoms with Gasteiger partial charge in [-0.2, -0.15) is 0 Å². The summed E-state index contributed by atoms with van der Waals surface area (Å²) < 4.78 is 2.26. The minimum absolute atomic E-state index is 0.0109. The van der Waals surface area contributed by atoms with Crippen molar-refractivity contribution in [2.45, 2.75) is 24.4 Å². The summed E-state index contributed by atoms with van der Waals surface area (Å²) in [4.78, 5) is 16.2. The third-order valence-corrected chi connectivity index (χ3v) is 5.85. The molecule has 1 amide bonds. The molecule has 1 aromatic heterocycles. The molecule has 1 aliphatic rings. The number of hydrogen-bond donors (Lipinski definition) is 0. The van der Waals surface area contributed by atoms with Crippen LogP contribution in [0.15, 0.2) is 77.8 Å². The summed E-state index contributed by atoms with van der Waals surface area (Å²) in [5.74, 6) is 0.657. The van der Waals surface area contributed by atoms with Crippen LogP contribution >= 0.6 is 11.8 Å². The maximum absolute atomic E-state index is 13.0. The molecular formula is C22H22N2OS. The molecule has 0 saturated heterocycles. The molecule has 3 aromatic rings. The summed E-state index contributed by atoms with van der Waals surface area (Å²) in [6.45, 7) is 3.69. The van der Waals surface area contributed by atoms with Gasteiger partial charge in [-0.25, -0.2) is 0 Å². The van der Waals surface area contributed by atoms with Gasteiger partial charge in [0.1, 0.15) is 0 Å². The fraction of sp³-hybridized carbons (Fsp3) is 0.227. The van der Waals surface area contributed by atoms with Crippen molar-refractivity contribution in [2.24, 2.45) is 0 Å². The molecule has 2 aromatic carbocycles. The highest BCUT2D eigenvalue weighted by Crippen LogP contribution is 2.33. The van der Waals surface area contributed by atoms with Gasteiger partial charge in [-0.05, 0) is 36.8 Å². The first kappa shape index (κ1) is 17.0. The van der Waals surface area contributed by atoms with Crippen LogP contribution in [-0.4, -0.2) is 27.7 Å². The van der Waals surface area contributed by atoms with E-state index in [9.17, 15) is 4.79 Å². The van der Waals surface area contributed by atoms with E-state index in [4.69, 9.17) is 0 Å². The molecule has 0 N–H and O–H groups in total. The van der Waals surface area contributed by atoms with Crippen LogP contribution in [0.3, 0.4) is 0 Å². The van der Waals surface area contributed by atoms with E-state index in [-0.39, 0.29) is 11.9 Å². The lowest BCUT2D eigenvalue weighted by molar-refractivity contribution is -0.131. The Morgan fingerprint density at radius 2 is 1.77 bits per heavy atom. The van der Waals surface area contributed by atoms with E-state index in [2.05, 4.69) is 66.2 Å². The molecule has 26 heavy (non-hydrogen) atoms. The zero-order chi connectivity index (χ0) is 17.9. The molecule has 0 saturated carbocycles. The van der Waals surface area contributed by atoms with Crippen LogP contribution in [0.2, 0.25) is 0 Å². The molecule has 3 nitrogen and oxygen atoms in total. The van der Waals surface area contributed by atoms with Crippen LogP contribution in [0.25, 0.3) is 0 Å². The molecule has 4 heteroatoms. The second-order valence-electron chi connectivity index (χ2n) is 6.63. The third-order valence-electron chi connectivity index (χ3n) is 4.86. The number of benzene rings is 2. The average Bonchev–Trinajstić information content (AvgIpc) is 3.16. The Labute approximate surface area is 158 Å². The maximum Gasteiger partial charge on any atom is 0.233 e. The molecule has 0 aliphatic carbocycles. The minimum atomic E-state index is -0.0109. The number of hydrogen-bond acceptors (Lipinski definition) is 2. The van der Waals surface area contributed by atoms with Gasteiger partial charge >= 0.3 is 0 Å². The van der Waals surface area contributed by atoms with Gasteiger partial charge in [0.2, 0.25) is 5.91 Å². The van der Waals surface area contributed by atoms with Crippen LogP contribution < -0.4 is 0 Å². The summed E-state index contributed by atoms with van der Waals surface area (Å²) in [6.07, 6.45) is 2.11. The van der Waals surface area contributed by atoms with Gasteiger partial charge in [0, 0.05) is 29.9 Å². The van der Waals surface area contributed by atoms with E-state index in [0.29, 0.717) is 5.75 Å². The first-order valence-corrected chi connectivity index (χ1v) is 9.90. The molecule has 1 aliphatic heterocycles. The number of rotatable bonds is 4. The molecule has 0 radical (unpaired) electrons. The molecule has 0 bridgehead atoms. The van der Waals surface area contributed by atoms with E-state index in [1.807, 2.05) is 23.1 Å². The highest BCUT2D eigenvalue weighted by Gasteiger charge is 2.31. The van der Waals surface area contributed by atoms with Crippen LogP contribution in [-0.2, 0) is 11.3 Å². The molecule has 132 valence electrons. The topological polar surface area (TPSA) is 25.2 Å². The molecule has 1 unspecified atom stereocenters. The smallest absolute Gasteiger partial charge is 0.233 e. The predicted octanol–water partition coefficient (Wildman–Crippen LogP) is 4.52. The SMILES string of the molecule is Cc1ccc(C2c3cccn3CCN2C(=O)CSc2ccccc2)cc1.